The number of anilines is 2. The lowest BCUT2D eigenvalue weighted by molar-refractivity contribution is 0.345. The molecular formula is C14H24N4O. The van der Waals surface area contributed by atoms with Crippen LogP contribution in [0.5, 0.6) is 5.75 Å². The molecule has 2 rings (SSSR count). The van der Waals surface area contributed by atoms with Gasteiger partial charge in [-0.15, -0.1) is 0 Å². The monoisotopic (exact) mass is 264 g/mol. The molecule has 0 aromatic carbocycles. The fraction of sp³-hybridized carbons (Fsp3) is 0.714. The van der Waals surface area contributed by atoms with Crippen LogP contribution in [-0.2, 0) is 0 Å². The van der Waals surface area contributed by atoms with Gasteiger partial charge in [0.05, 0.1) is 7.11 Å². The number of nitrogens with zero attached hydrogens (tertiary/aromatic N) is 2. The molecule has 0 bridgehead atoms. The molecule has 0 spiro atoms. The van der Waals surface area contributed by atoms with E-state index in [-0.39, 0.29) is 0 Å². The molecule has 0 atom stereocenters. The lowest BCUT2D eigenvalue weighted by Crippen LogP contribution is -2.13. The van der Waals surface area contributed by atoms with Crippen molar-refractivity contribution in [3.63, 3.8) is 0 Å². The van der Waals surface area contributed by atoms with Gasteiger partial charge in [0, 0.05) is 13.6 Å². The van der Waals surface area contributed by atoms with Crippen LogP contribution in [0.3, 0.4) is 0 Å². The minimum atomic E-state index is 0.689. The SMILES string of the molecule is CNc1ncnc(NCCC2CCCCC2)c1OC. The first-order valence-corrected chi connectivity index (χ1v) is 7.15. The number of rotatable bonds is 6. The highest BCUT2D eigenvalue weighted by Crippen LogP contribution is 2.29. The number of nitrogens with one attached hydrogen (secondary N) is 2. The Hall–Kier alpha value is -1.52. The van der Waals surface area contributed by atoms with E-state index in [4.69, 9.17) is 4.74 Å². The fourth-order valence-electron chi connectivity index (χ4n) is 2.74. The van der Waals surface area contributed by atoms with E-state index in [1.54, 1.807) is 13.4 Å². The molecule has 1 aliphatic rings. The predicted octanol–water partition coefficient (Wildman–Crippen LogP) is 2.91. The summed E-state index contributed by atoms with van der Waals surface area (Å²) >= 11 is 0. The Morgan fingerprint density at radius 3 is 2.63 bits per heavy atom. The van der Waals surface area contributed by atoms with Gasteiger partial charge in [0.1, 0.15) is 6.33 Å². The molecule has 0 amide bonds. The Morgan fingerprint density at radius 2 is 1.95 bits per heavy atom. The van der Waals surface area contributed by atoms with E-state index < -0.39 is 0 Å². The predicted molar refractivity (Wildman–Crippen MR) is 77.8 cm³/mol. The van der Waals surface area contributed by atoms with Crippen LogP contribution >= 0.6 is 0 Å². The van der Waals surface area contributed by atoms with Gasteiger partial charge in [-0.25, -0.2) is 9.97 Å². The van der Waals surface area contributed by atoms with Gasteiger partial charge in [-0.2, -0.15) is 0 Å². The van der Waals surface area contributed by atoms with Crippen molar-refractivity contribution in [2.75, 3.05) is 31.3 Å². The molecule has 1 aliphatic carbocycles. The normalized spacial score (nSPS) is 16.1. The first-order valence-electron chi connectivity index (χ1n) is 7.15. The summed E-state index contributed by atoms with van der Waals surface area (Å²) in [5.41, 5.74) is 0. The summed E-state index contributed by atoms with van der Waals surface area (Å²) in [4.78, 5) is 8.39. The van der Waals surface area contributed by atoms with Gasteiger partial charge >= 0.3 is 0 Å². The van der Waals surface area contributed by atoms with Crippen molar-refractivity contribution >= 4 is 11.6 Å². The molecule has 0 unspecified atom stereocenters. The number of aromatic nitrogens is 2. The molecule has 1 aromatic rings. The van der Waals surface area contributed by atoms with Gasteiger partial charge in [0.25, 0.3) is 0 Å². The Balaban J connectivity index is 1.88. The molecular weight excluding hydrogens is 240 g/mol. The third-order valence-corrected chi connectivity index (χ3v) is 3.81. The van der Waals surface area contributed by atoms with E-state index in [0.29, 0.717) is 5.75 Å². The second kappa shape index (κ2) is 7.16. The Labute approximate surface area is 115 Å². The first kappa shape index (κ1) is 13.9. The maximum atomic E-state index is 5.36. The smallest absolute Gasteiger partial charge is 0.204 e. The van der Waals surface area contributed by atoms with Gasteiger partial charge in [-0.05, 0) is 12.3 Å². The molecule has 1 fully saturated rings. The zero-order valence-electron chi connectivity index (χ0n) is 11.9. The third-order valence-electron chi connectivity index (χ3n) is 3.81. The zero-order valence-corrected chi connectivity index (χ0v) is 11.9. The van der Waals surface area contributed by atoms with Crippen LogP contribution in [0.15, 0.2) is 6.33 Å². The summed E-state index contributed by atoms with van der Waals surface area (Å²) < 4.78 is 5.36. The second-order valence-electron chi connectivity index (χ2n) is 5.07. The average molecular weight is 264 g/mol. The van der Waals surface area contributed by atoms with E-state index in [9.17, 15) is 0 Å². The summed E-state index contributed by atoms with van der Waals surface area (Å²) in [6.45, 7) is 0.946. The molecule has 106 valence electrons. The van der Waals surface area contributed by atoms with Gasteiger partial charge in [-0.3, -0.25) is 0 Å². The lowest BCUT2D eigenvalue weighted by atomic mass is 9.87. The van der Waals surface area contributed by atoms with Crippen LogP contribution in [0.25, 0.3) is 0 Å². The molecule has 0 aliphatic heterocycles. The second-order valence-corrected chi connectivity index (χ2v) is 5.07. The van der Waals surface area contributed by atoms with E-state index in [0.717, 1.165) is 24.1 Å². The highest BCUT2D eigenvalue weighted by molar-refractivity contribution is 5.63. The van der Waals surface area contributed by atoms with Crippen LogP contribution in [-0.4, -0.2) is 30.7 Å². The fourth-order valence-corrected chi connectivity index (χ4v) is 2.74. The maximum Gasteiger partial charge on any atom is 0.204 e. The van der Waals surface area contributed by atoms with Crippen molar-refractivity contribution in [3.05, 3.63) is 6.33 Å². The number of ether oxygens (including phenoxy) is 1. The van der Waals surface area contributed by atoms with Gasteiger partial charge in [0.2, 0.25) is 5.75 Å². The van der Waals surface area contributed by atoms with Gasteiger partial charge in [0.15, 0.2) is 11.6 Å². The topological polar surface area (TPSA) is 59.1 Å². The van der Waals surface area contributed by atoms with Crippen molar-refractivity contribution in [2.45, 2.75) is 38.5 Å². The third kappa shape index (κ3) is 3.72. The number of hydrogen-bond donors (Lipinski definition) is 2. The largest absolute Gasteiger partial charge is 0.490 e. The molecule has 19 heavy (non-hydrogen) atoms. The van der Waals surface area contributed by atoms with E-state index in [1.807, 2.05) is 7.05 Å². The van der Waals surface area contributed by atoms with Crippen LogP contribution < -0.4 is 15.4 Å². The molecule has 1 saturated carbocycles. The quantitative estimate of drug-likeness (QED) is 0.827. The summed E-state index contributed by atoms with van der Waals surface area (Å²) in [7, 11) is 3.47. The Bertz CT molecular complexity index is 391. The van der Waals surface area contributed by atoms with Crippen LogP contribution in [0.4, 0.5) is 11.6 Å². The maximum absolute atomic E-state index is 5.36. The summed E-state index contributed by atoms with van der Waals surface area (Å²) in [6.07, 6.45) is 9.72. The number of hydrogen-bond acceptors (Lipinski definition) is 5. The molecule has 1 heterocycles. The van der Waals surface area contributed by atoms with Crippen LogP contribution in [0, 0.1) is 5.92 Å². The molecule has 2 N–H and O–H groups in total. The minimum absolute atomic E-state index is 0.689. The van der Waals surface area contributed by atoms with Gasteiger partial charge < -0.3 is 15.4 Å². The van der Waals surface area contributed by atoms with E-state index in [1.165, 1.54) is 38.5 Å². The summed E-state index contributed by atoms with van der Waals surface area (Å²) in [5.74, 6) is 3.06. The molecule has 0 saturated heterocycles. The van der Waals surface area contributed by atoms with E-state index >= 15 is 0 Å². The Morgan fingerprint density at radius 1 is 1.21 bits per heavy atom. The standard InChI is InChI=1S/C14H24N4O/c1-15-13-12(19-2)14(18-10-17-13)16-9-8-11-6-4-3-5-7-11/h10-11H,3-9H2,1-2H3,(H2,15,16,17,18). The highest BCUT2D eigenvalue weighted by Gasteiger charge is 2.14. The van der Waals surface area contributed by atoms with E-state index in [2.05, 4.69) is 20.6 Å². The van der Waals surface area contributed by atoms with Crippen molar-refractivity contribution in [2.24, 2.45) is 5.92 Å². The first-order chi connectivity index (χ1) is 9.35. The number of methoxy groups -OCH3 is 1. The van der Waals surface area contributed by atoms with Crippen molar-refractivity contribution in [1.82, 2.24) is 9.97 Å². The molecule has 5 heteroatoms. The zero-order chi connectivity index (χ0) is 13.5. The van der Waals surface area contributed by atoms with Crippen molar-refractivity contribution < 1.29 is 4.74 Å². The molecule has 1 aromatic heterocycles. The lowest BCUT2D eigenvalue weighted by Gasteiger charge is -2.21. The Kier molecular flexibility index (Phi) is 5.24. The molecule has 5 nitrogen and oxygen atoms in total. The summed E-state index contributed by atoms with van der Waals surface area (Å²) in [6, 6.07) is 0. The minimum Gasteiger partial charge on any atom is -0.490 e. The van der Waals surface area contributed by atoms with Crippen LogP contribution in [0.2, 0.25) is 0 Å². The summed E-state index contributed by atoms with van der Waals surface area (Å²) in [5, 5.41) is 6.38. The van der Waals surface area contributed by atoms with Crippen molar-refractivity contribution in [1.29, 1.82) is 0 Å². The molecule has 0 radical (unpaired) electrons. The van der Waals surface area contributed by atoms with Crippen molar-refractivity contribution in [3.8, 4) is 5.75 Å². The van der Waals surface area contributed by atoms with Gasteiger partial charge in [-0.1, -0.05) is 32.1 Å². The van der Waals surface area contributed by atoms with Crippen LogP contribution in [0.1, 0.15) is 38.5 Å². The highest BCUT2D eigenvalue weighted by atomic mass is 16.5. The average Bonchev–Trinajstić information content (AvgIpc) is 2.48.